The minimum atomic E-state index is -0.158. The molecule has 0 atom stereocenters. The maximum atomic E-state index is 11.3. The highest BCUT2D eigenvalue weighted by Gasteiger charge is 2.15. The Morgan fingerprint density at radius 3 is 2.50 bits per heavy atom. The zero-order valence-corrected chi connectivity index (χ0v) is 10.4. The third-order valence-corrected chi connectivity index (χ3v) is 2.56. The van der Waals surface area contributed by atoms with E-state index in [0.29, 0.717) is 0 Å². The molecule has 1 aromatic rings. The Kier molecular flexibility index (Phi) is 3.70. The molecule has 1 rings (SSSR count). The largest absolute Gasteiger partial charge is 0.325 e. The van der Waals surface area contributed by atoms with Gasteiger partial charge in [0, 0.05) is 5.69 Å². The number of benzene rings is 1. The Labute approximate surface area is 97.0 Å². The third-order valence-electron chi connectivity index (χ3n) is 2.56. The number of anilines is 1. The van der Waals surface area contributed by atoms with E-state index in [1.54, 1.807) is 0 Å². The first-order valence-electron chi connectivity index (χ1n) is 5.45. The smallest absolute Gasteiger partial charge is 0.238 e. The normalized spacial score (nSPS) is 11.3. The van der Waals surface area contributed by atoms with Crippen LogP contribution in [0.3, 0.4) is 0 Å². The predicted molar refractivity (Wildman–Crippen MR) is 67.6 cm³/mol. The topological polar surface area (TPSA) is 55.1 Å². The molecule has 1 aromatic carbocycles. The van der Waals surface area contributed by atoms with Crippen LogP contribution in [0.15, 0.2) is 18.2 Å². The van der Waals surface area contributed by atoms with Crippen LogP contribution < -0.4 is 11.1 Å². The number of aryl methyl sites for hydroxylation is 1. The van der Waals surface area contributed by atoms with Crippen LogP contribution in [-0.4, -0.2) is 12.5 Å². The summed E-state index contributed by atoms with van der Waals surface area (Å²) in [6, 6.07) is 6.13. The summed E-state index contributed by atoms with van der Waals surface area (Å²) < 4.78 is 0. The lowest BCUT2D eigenvalue weighted by Gasteiger charge is -2.21. The van der Waals surface area contributed by atoms with Crippen molar-refractivity contribution in [2.24, 2.45) is 5.73 Å². The van der Waals surface area contributed by atoms with Crippen molar-refractivity contribution in [3.63, 3.8) is 0 Å². The maximum absolute atomic E-state index is 11.3. The molecule has 0 saturated heterocycles. The first-order chi connectivity index (χ1) is 7.34. The number of rotatable bonds is 2. The quantitative estimate of drug-likeness (QED) is 0.802. The van der Waals surface area contributed by atoms with Gasteiger partial charge in [-0.15, -0.1) is 0 Å². The fraction of sp³-hybridized carbons (Fsp3) is 0.462. The number of hydrogen-bond donors (Lipinski definition) is 2. The highest BCUT2D eigenvalue weighted by Crippen LogP contribution is 2.26. The second kappa shape index (κ2) is 4.66. The summed E-state index contributed by atoms with van der Waals surface area (Å²) in [6.45, 7) is 8.42. The van der Waals surface area contributed by atoms with Gasteiger partial charge in [-0.2, -0.15) is 0 Å². The van der Waals surface area contributed by atoms with Crippen LogP contribution in [0.1, 0.15) is 31.9 Å². The fourth-order valence-electron chi connectivity index (χ4n) is 1.42. The summed E-state index contributed by atoms with van der Waals surface area (Å²) in [7, 11) is 0. The average molecular weight is 220 g/mol. The Morgan fingerprint density at radius 1 is 1.38 bits per heavy atom. The zero-order valence-electron chi connectivity index (χ0n) is 10.4. The van der Waals surface area contributed by atoms with Gasteiger partial charge in [-0.25, -0.2) is 0 Å². The van der Waals surface area contributed by atoms with Crippen molar-refractivity contribution >= 4 is 11.6 Å². The first kappa shape index (κ1) is 12.7. The molecule has 0 radical (unpaired) electrons. The fourth-order valence-corrected chi connectivity index (χ4v) is 1.42. The van der Waals surface area contributed by atoms with Crippen molar-refractivity contribution < 1.29 is 4.79 Å². The van der Waals surface area contributed by atoms with E-state index in [1.165, 1.54) is 5.56 Å². The molecule has 88 valence electrons. The summed E-state index contributed by atoms with van der Waals surface area (Å²) in [5.74, 6) is -0.158. The molecule has 0 fully saturated rings. The molecule has 0 unspecified atom stereocenters. The lowest BCUT2D eigenvalue weighted by Crippen LogP contribution is -2.22. The highest BCUT2D eigenvalue weighted by molar-refractivity contribution is 5.92. The molecule has 3 N–H and O–H groups in total. The number of amides is 1. The molecule has 1 amide bonds. The maximum Gasteiger partial charge on any atom is 0.238 e. The van der Waals surface area contributed by atoms with E-state index in [0.717, 1.165) is 11.3 Å². The van der Waals surface area contributed by atoms with E-state index in [1.807, 2.05) is 19.1 Å². The van der Waals surface area contributed by atoms with Crippen molar-refractivity contribution in [3.05, 3.63) is 29.3 Å². The van der Waals surface area contributed by atoms with Crippen LogP contribution in [0.2, 0.25) is 0 Å². The predicted octanol–water partition coefficient (Wildman–Crippen LogP) is 2.19. The molecule has 0 aliphatic carbocycles. The molecule has 0 bridgehead atoms. The van der Waals surface area contributed by atoms with Crippen LogP contribution in [0, 0.1) is 6.92 Å². The van der Waals surface area contributed by atoms with Gasteiger partial charge in [0.05, 0.1) is 6.54 Å². The Balaban J connectivity index is 3.04. The van der Waals surface area contributed by atoms with Crippen LogP contribution in [0.25, 0.3) is 0 Å². The third kappa shape index (κ3) is 3.07. The van der Waals surface area contributed by atoms with Crippen LogP contribution in [0.5, 0.6) is 0 Å². The Morgan fingerprint density at radius 2 is 2.00 bits per heavy atom. The van der Waals surface area contributed by atoms with Crippen molar-refractivity contribution in [1.29, 1.82) is 0 Å². The second-order valence-electron chi connectivity index (χ2n) is 5.03. The second-order valence-corrected chi connectivity index (χ2v) is 5.03. The van der Waals surface area contributed by atoms with Crippen molar-refractivity contribution in [3.8, 4) is 0 Å². The number of hydrogen-bond acceptors (Lipinski definition) is 2. The summed E-state index contributed by atoms with van der Waals surface area (Å²) >= 11 is 0. The SMILES string of the molecule is Cc1ccc(C(C)(C)C)cc1NC(=O)CN. The summed E-state index contributed by atoms with van der Waals surface area (Å²) in [5.41, 5.74) is 8.46. The lowest BCUT2D eigenvalue weighted by atomic mass is 9.86. The van der Waals surface area contributed by atoms with Crippen LogP contribution in [0.4, 0.5) is 5.69 Å². The van der Waals surface area contributed by atoms with Gasteiger partial charge < -0.3 is 11.1 Å². The van der Waals surface area contributed by atoms with Gasteiger partial charge in [0.2, 0.25) is 5.91 Å². The van der Waals surface area contributed by atoms with E-state index < -0.39 is 0 Å². The van der Waals surface area contributed by atoms with Gasteiger partial charge in [0.15, 0.2) is 0 Å². The van der Waals surface area contributed by atoms with E-state index in [4.69, 9.17) is 5.73 Å². The van der Waals surface area contributed by atoms with Gasteiger partial charge >= 0.3 is 0 Å². The van der Waals surface area contributed by atoms with Crippen LogP contribution in [-0.2, 0) is 10.2 Å². The zero-order chi connectivity index (χ0) is 12.3. The molecular formula is C13H20N2O. The standard InChI is InChI=1S/C13H20N2O/c1-9-5-6-10(13(2,3)4)7-11(9)15-12(16)8-14/h5-7H,8,14H2,1-4H3,(H,15,16). The van der Waals surface area contributed by atoms with Crippen LogP contribution >= 0.6 is 0 Å². The van der Waals surface area contributed by atoms with Gasteiger partial charge in [-0.1, -0.05) is 32.9 Å². The van der Waals surface area contributed by atoms with E-state index in [9.17, 15) is 4.79 Å². The number of carbonyl (C=O) groups excluding carboxylic acids is 1. The molecule has 0 spiro atoms. The molecular weight excluding hydrogens is 200 g/mol. The molecule has 3 nitrogen and oxygen atoms in total. The highest BCUT2D eigenvalue weighted by atomic mass is 16.1. The number of carbonyl (C=O) groups is 1. The van der Waals surface area contributed by atoms with Gasteiger partial charge in [0.25, 0.3) is 0 Å². The molecule has 0 aliphatic rings. The van der Waals surface area contributed by atoms with Crippen molar-refractivity contribution in [2.45, 2.75) is 33.1 Å². The average Bonchev–Trinajstić information content (AvgIpc) is 2.19. The van der Waals surface area contributed by atoms with E-state index in [2.05, 4.69) is 32.2 Å². The van der Waals surface area contributed by atoms with Crippen molar-refractivity contribution in [1.82, 2.24) is 0 Å². The van der Waals surface area contributed by atoms with Gasteiger partial charge in [-0.3, -0.25) is 4.79 Å². The van der Waals surface area contributed by atoms with Gasteiger partial charge in [0.1, 0.15) is 0 Å². The summed E-state index contributed by atoms with van der Waals surface area (Å²) in [5, 5.41) is 2.81. The first-order valence-corrected chi connectivity index (χ1v) is 5.45. The minimum Gasteiger partial charge on any atom is -0.325 e. The van der Waals surface area contributed by atoms with Crippen molar-refractivity contribution in [2.75, 3.05) is 11.9 Å². The summed E-state index contributed by atoms with van der Waals surface area (Å²) in [6.07, 6.45) is 0. The molecule has 16 heavy (non-hydrogen) atoms. The lowest BCUT2D eigenvalue weighted by molar-refractivity contribution is -0.114. The number of nitrogens with one attached hydrogen (secondary N) is 1. The Hall–Kier alpha value is -1.35. The molecule has 0 saturated carbocycles. The minimum absolute atomic E-state index is 0.0131. The number of nitrogens with two attached hydrogens (primary N) is 1. The molecule has 0 heterocycles. The van der Waals surface area contributed by atoms with E-state index >= 15 is 0 Å². The molecule has 0 aliphatic heterocycles. The molecule has 3 heteroatoms. The summed E-state index contributed by atoms with van der Waals surface area (Å²) in [4.78, 5) is 11.3. The monoisotopic (exact) mass is 220 g/mol. The van der Waals surface area contributed by atoms with Gasteiger partial charge in [-0.05, 0) is 29.5 Å². The molecule has 0 aromatic heterocycles. The Bertz CT molecular complexity index is 391. The van der Waals surface area contributed by atoms with E-state index in [-0.39, 0.29) is 17.9 Å².